The molecule has 1 N–H and O–H groups in total. The molecule has 0 aliphatic carbocycles. The van der Waals surface area contributed by atoms with Crippen molar-refractivity contribution < 1.29 is 14.3 Å². The first-order chi connectivity index (χ1) is 12.1. The summed E-state index contributed by atoms with van der Waals surface area (Å²) >= 11 is 0. The molecular weight excluding hydrogens is 318 g/mol. The van der Waals surface area contributed by atoms with E-state index >= 15 is 0 Å². The molecule has 6 nitrogen and oxygen atoms in total. The summed E-state index contributed by atoms with van der Waals surface area (Å²) in [4.78, 5) is 29.0. The topological polar surface area (TPSA) is 61.9 Å². The number of amides is 3. The molecule has 0 radical (unpaired) electrons. The van der Waals surface area contributed by atoms with Gasteiger partial charge in [-0.25, -0.2) is 4.79 Å². The maximum atomic E-state index is 13.0. The van der Waals surface area contributed by atoms with Crippen molar-refractivity contribution in [3.63, 3.8) is 0 Å². The summed E-state index contributed by atoms with van der Waals surface area (Å²) in [6, 6.07) is 7.77. The summed E-state index contributed by atoms with van der Waals surface area (Å²) in [6.45, 7) is 5.23. The molecule has 1 aromatic carbocycles. The van der Waals surface area contributed by atoms with Crippen LogP contribution in [-0.4, -0.2) is 61.6 Å². The van der Waals surface area contributed by atoms with Gasteiger partial charge in [0, 0.05) is 38.6 Å². The van der Waals surface area contributed by atoms with Crippen molar-refractivity contribution in [3.05, 3.63) is 29.8 Å². The Morgan fingerprint density at radius 2 is 1.80 bits per heavy atom. The Bertz CT molecular complexity index is 611. The molecule has 3 rings (SSSR count). The van der Waals surface area contributed by atoms with Crippen LogP contribution >= 0.6 is 0 Å². The standard InChI is InChI=1S/C19H27N3O3/c1-3-20-19(24)22-12-16(14-6-8-15(25-2)9-7-14)17(13-22)18(23)21-10-4-5-11-21/h6-9,16-17H,3-5,10-13H2,1-2H3,(H,20,24). The van der Waals surface area contributed by atoms with E-state index in [1.165, 1.54) is 0 Å². The zero-order valence-corrected chi connectivity index (χ0v) is 15.0. The van der Waals surface area contributed by atoms with Gasteiger partial charge in [-0.1, -0.05) is 12.1 Å². The fraction of sp³-hybridized carbons (Fsp3) is 0.579. The fourth-order valence-corrected chi connectivity index (χ4v) is 3.84. The predicted octanol–water partition coefficient (Wildman–Crippen LogP) is 2.06. The number of likely N-dealkylation sites (tertiary alicyclic amines) is 2. The van der Waals surface area contributed by atoms with Gasteiger partial charge in [0.25, 0.3) is 0 Å². The average Bonchev–Trinajstić information content (AvgIpc) is 3.31. The highest BCUT2D eigenvalue weighted by Gasteiger charge is 2.42. The number of hydrogen-bond acceptors (Lipinski definition) is 3. The summed E-state index contributed by atoms with van der Waals surface area (Å²) in [5.74, 6) is 0.838. The van der Waals surface area contributed by atoms with Crippen molar-refractivity contribution in [2.45, 2.75) is 25.7 Å². The van der Waals surface area contributed by atoms with Crippen LogP contribution in [0.2, 0.25) is 0 Å². The summed E-state index contributed by atoms with van der Waals surface area (Å²) in [5.41, 5.74) is 1.09. The zero-order chi connectivity index (χ0) is 17.8. The lowest BCUT2D eigenvalue weighted by atomic mass is 9.88. The summed E-state index contributed by atoms with van der Waals surface area (Å²) < 4.78 is 5.23. The van der Waals surface area contributed by atoms with Gasteiger partial charge >= 0.3 is 6.03 Å². The molecule has 2 aliphatic rings. The largest absolute Gasteiger partial charge is 0.497 e. The molecule has 2 saturated heterocycles. The average molecular weight is 345 g/mol. The van der Waals surface area contributed by atoms with Gasteiger partial charge in [0.15, 0.2) is 0 Å². The van der Waals surface area contributed by atoms with E-state index in [1.807, 2.05) is 36.1 Å². The van der Waals surface area contributed by atoms with E-state index in [1.54, 1.807) is 12.0 Å². The van der Waals surface area contributed by atoms with E-state index in [0.717, 1.165) is 37.2 Å². The number of nitrogens with one attached hydrogen (secondary N) is 1. The number of ether oxygens (including phenoxy) is 1. The molecule has 3 amide bonds. The quantitative estimate of drug-likeness (QED) is 0.909. The number of benzene rings is 1. The molecule has 2 heterocycles. The van der Waals surface area contributed by atoms with Gasteiger partial charge in [0.05, 0.1) is 13.0 Å². The predicted molar refractivity (Wildman–Crippen MR) is 95.7 cm³/mol. The van der Waals surface area contributed by atoms with Crippen molar-refractivity contribution in [2.75, 3.05) is 39.8 Å². The number of carbonyl (C=O) groups excluding carboxylic acids is 2. The first-order valence-electron chi connectivity index (χ1n) is 9.09. The van der Waals surface area contributed by atoms with Crippen molar-refractivity contribution in [1.29, 1.82) is 0 Å². The first-order valence-corrected chi connectivity index (χ1v) is 9.09. The molecular formula is C19H27N3O3. The van der Waals surface area contributed by atoms with Crippen molar-refractivity contribution in [1.82, 2.24) is 15.1 Å². The number of rotatable bonds is 4. The Kier molecular flexibility index (Phi) is 5.46. The smallest absolute Gasteiger partial charge is 0.317 e. The van der Waals surface area contributed by atoms with Gasteiger partial charge in [-0.15, -0.1) is 0 Å². The van der Waals surface area contributed by atoms with Crippen molar-refractivity contribution >= 4 is 11.9 Å². The Labute approximate surface area is 149 Å². The summed E-state index contributed by atoms with van der Waals surface area (Å²) in [6.07, 6.45) is 2.15. The lowest BCUT2D eigenvalue weighted by Crippen LogP contribution is -2.40. The van der Waals surface area contributed by atoms with E-state index < -0.39 is 0 Å². The van der Waals surface area contributed by atoms with Crippen LogP contribution in [0.4, 0.5) is 4.79 Å². The van der Waals surface area contributed by atoms with Gasteiger partial charge < -0.3 is 19.9 Å². The number of carbonyl (C=O) groups is 2. The third-order valence-electron chi connectivity index (χ3n) is 5.21. The van der Waals surface area contributed by atoms with Crippen LogP contribution in [-0.2, 0) is 4.79 Å². The molecule has 2 fully saturated rings. The third-order valence-corrected chi connectivity index (χ3v) is 5.21. The Balaban J connectivity index is 1.82. The van der Waals surface area contributed by atoms with Crippen LogP contribution in [0.15, 0.2) is 24.3 Å². The Hall–Kier alpha value is -2.24. The van der Waals surface area contributed by atoms with Gasteiger partial charge in [-0.2, -0.15) is 0 Å². The molecule has 1 aromatic rings. The van der Waals surface area contributed by atoms with Crippen LogP contribution in [0.5, 0.6) is 5.75 Å². The number of methoxy groups -OCH3 is 1. The minimum absolute atomic E-state index is 0.0293. The second kappa shape index (κ2) is 7.76. The number of hydrogen-bond donors (Lipinski definition) is 1. The van der Waals surface area contributed by atoms with Gasteiger partial charge in [0.1, 0.15) is 5.75 Å². The van der Waals surface area contributed by atoms with Gasteiger partial charge in [0.2, 0.25) is 5.91 Å². The monoisotopic (exact) mass is 345 g/mol. The van der Waals surface area contributed by atoms with Crippen LogP contribution in [0.1, 0.15) is 31.2 Å². The fourth-order valence-electron chi connectivity index (χ4n) is 3.84. The molecule has 0 bridgehead atoms. The maximum absolute atomic E-state index is 13.0. The highest BCUT2D eigenvalue weighted by atomic mass is 16.5. The van der Waals surface area contributed by atoms with Gasteiger partial charge in [-0.05, 0) is 37.5 Å². The van der Waals surface area contributed by atoms with E-state index in [2.05, 4.69) is 5.32 Å². The van der Waals surface area contributed by atoms with E-state index in [9.17, 15) is 9.59 Å². The maximum Gasteiger partial charge on any atom is 0.317 e. The number of nitrogens with zero attached hydrogens (tertiary/aromatic N) is 2. The van der Waals surface area contributed by atoms with Gasteiger partial charge in [-0.3, -0.25) is 4.79 Å². The zero-order valence-electron chi connectivity index (χ0n) is 15.0. The molecule has 2 atom stereocenters. The Morgan fingerprint density at radius 1 is 1.12 bits per heavy atom. The van der Waals surface area contributed by atoms with E-state index in [-0.39, 0.29) is 23.8 Å². The van der Waals surface area contributed by atoms with Crippen molar-refractivity contribution in [2.24, 2.45) is 5.92 Å². The summed E-state index contributed by atoms with van der Waals surface area (Å²) in [7, 11) is 1.64. The highest BCUT2D eigenvalue weighted by Crippen LogP contribution is 2.35. The minimum atomic E-state index is -0.172. The lowest BCUT2D eigenvalue weighted by molar-refractivity contribution is -0.134. The molecule has 0 spiro atoms. The molecule has 25 heavy (non-hydrogen) atoms. The number of urea groups is 1. The van der Waals surface area contributed by atoms with Crippen LogP contribution in [0.3, 0.4) is 0 Å². The summed E-state index contributed by atoms with van der Waals surface area (Å²) in [5, 5.41) is 2.85. The SMILES string of the molecule is CCNC(=O)N1CC(C(=O)N2CCCC2)C(c2ccc(OC)cc2)C1. The highest BCUT2D eigenvalue weighted by molar-refractivity contribution is 5.83. The molecule has 2 aliphatic heterocycles. The first kappa shape index (κ1) is 17.6. The van der Waals surface area contributed by atoms with Crippen LogP contribution < -0.4 is 10.1 Å². The second-order valence-electron chi connectivity index (χ2n) is 6.76. The van der Waals surface area contributed by atoms with E-state index in [4.69, 9.17) is 4.74 Å². The molecule has 0 aromatic heterocycles. The van der Waals surface area contributed by atoms with Crippen LogP contribution in [0.25, 0.3) is 0 Å². The van der Waals surface area contributed by atoms with E-state index in [0.29, 0.717) is 19.6 Å². The lowest BCUT2D eigenvalue weighted by Gasteiger charge is -2.24. The normalized spacial score (nSPS) is 23.0. The van der Waals surface area contributed by atoms with Crippen molar-refractivity contribution in [3.8, 4) is 5.75 Å². The molecule has 6 heteroatoms. The second-order valence-corrected chi connectivity index (χ2v) is 6.76. The molecule has 2 unspecified atom stereocenters. The Morgan fingerprint density at radius 3 is 2.40 bits per heavy atom. The minimum Gasteiger partial charge on any atom is -0.497 e. The molecule has 136 valence electrons. The van der Waals surface area contributed by atoms with Crippen LogP contribution in [0, 0.1) is 5.92 Å². The molecule has 0 saturated carbocycles. The third kappa shape index (κ3) is 3.72.